The summed E-state index contributed by atoms with van der Waals surface area (Å²) in [5, 5.41) is 5.74. The molecule has 25 heavy (non-hydrogen) atoms. The van der Waals surface area contributed by atoms with Crippen LogP contribution < -0.4 is 10.6 Å². The molecule has 1 fully saturated rings. The van der Waals surface area contributed by atoms with Crippen LogP contribution in [0, 0.1) is 0 Å². The predicted octanol–water partition coefficient (Wildman–Crippen LogP) is 2.65. The van der Waals surface area contributed by atoms with Gasteiger partial charge in [-0.15, -0.1) is 0 Å². The number of rotatable bonds is 3. The summed E-state index contributed by atoms with van der Waals surface area (Å²) in [6, 6.07) is 4.91. The molecule has 0 aromatic heterocycles. The van der Waals surface area contributed by atoms with Crippen molar-refractivity contribution in [3.05, 3.63) is 23.8 Å². The molecule has 3 amide bonds. The van der Waals surface area contributed by atoms with Crippen LogP contribution in [0.2, 0.25) is 0 Å². The van der Waals surface area contributed by atoms with Crippen LogP contribution in [0.1, 0.15) is 52.0 Å². The number of carbonyl (C=O) groups excluding carboxylic acids is 3. The van der Waals surface area contributed by atoms with Crippen LogP contribution in [0.15, 0.2) is 18.2 Å². The zero-order valence-electron chi connectivity index (χ0n) is 15.0. The van der Waals surface area contributed by atoms with Gasteiger partial charge in [0.25, 0.3) is 0 Å². The van der Waals surface area contributed by atoms with E-state index in [0.29, 0.717) is 18.7 Å². The summed E-state index contributed by atoms with van der Waals surface area (Å²) >= 11 is 0. The summed E-state index contributed by atoms with van der Waals surface area (Å²) < 4.78 is 0. The lowest BCUT2D eigenvalue weighted by Gasteiger charge is -2.27. The van der Waals surface area contributed by atoms with Gasteiger partial charge in [0.1, 0.15) is 6.04 Å². The molecule has 1 aromatic carbocycles. The van der Waals surface area contributed by atoms with Gasteiger partial charge in [-0.2, -0.15) is 0 Å². The van der Waals surface area contributed by atoms with Crippen molar-refractivity contribution in [2.75, 3.05) is 17.2 Å². The fraction of sp³-hybridized carbons (Fsp3) is 0.526. The third kappa shape index (κ3) is 3.25. The molecule has 0 aliphatic carbocycles. The summed E-state index contributed by atoms with van der Waals surface area (Å²) in [6.07, 6.45) is 3.37. The normalized spacial score (nSPS) is 20.5. The molecule has 1 atom stereocenters. The van der Waals surface area contributed by atoms with Gasteiger partial charge in [0, 0.05) is 24.3 Å². The number of likely N-dealkylation sites (tertiary alicyclic amines) is 1. The van der Waals surface area contributed by atoms with Crippen LogP contribution in [0.25, 0.3) is 0 Å². The average Bonchev–Trinajstić information content (AvgIpc) is 2.71. The minimum absolute atomic E-state index is 0.0463. The molecule has 2 aliphatic heterocycles. The van der Waals surface area contributed by atoms with Gasteiger partial charge in [-0.3, -0.25) is 14.4 Å². The van der Waals surface area contributed by atoms with Crippen LogP contribution in [0.3, 0.4) is 0 Å². The fourth-order valence-corrected chi connectivity index (χ4v) is 3.45. The molecule has 6 heteroatoms. The van der Waals surface area contributed by atoms with E-state index in [-0.39, 0.29) is 17.7 Å². The van der Waals surface area contributed by atoms with E-state index in [4.69, 9.17) is 0 Å². The highest BCUT2D eigenvalue weighted by atomic mass is 16.2. The summed E-state index contributed by atoms with van der Waals surface area (Å²) in [7, 11) is 0. The number of hydrogen-bond acceptors (Lipinski definition) is 3. The van der Waals surface area contributed by atoms with Gasteiger partial charge in [0.2, 0.25) is 17.7 Å². The van der Waals surface area contributed by atoms with E-state index < -0.39 is 11.5 Å². The van der Waals surface area contributed by atoms with E-state index in [9.17, 15) is 14.4 Å². The molecule has 134 valence electrons. The number of nitrogens with zero attached hydrogens (tertiary/aromatic N) is 1. The lowest BCUT2D eigenvalue weighted by molar-refractivity contribution is -0.137. The Hall–Kier alpha value is -2.37. The first-order chi connectivity index (χ1) is 11.8. The Morgan fingerprint density at radius 1 is 1.24 bits per heavy atom. The van der Waals surface area contributed by atoms with Gasteiger partial charge >= 0.3 is 0 Å². The van der Waals surface area contributed by atoms with Crippen molar-refractivity contribution in [2.24, 2.45) is 0 Å². The first-order valence-corrected chi connectivity index (χ1v) is 8.87. The SMILES string of the molecule is C[C@@H](C(=O)Nc1ccc2c(c1)C(C)(C)C(=O)N2)N1CCCCCC1=O. The molecule has 2 heterocycles. The van der Waals surface area contributed by atoms with Gasteiger partial charge in [0.15, 0.2) is 0 Å². The molecule has 1 aromatic rings. The second kappa shape index (κ2) is 6.50. The summed E-state index contributed by atoms with van der Waals surface area (Å²) in [5.74, 6) is -0.204. The fourth-order valence-electron chi connectivity index (χ4n) is 3.45. The third-order valence-electron chi connectivity index (χ3n) is 5.23. The molecule has 1 saturated heterocycles. The van der Waals surface area contributed by atoms with Crippen molar-refractivity contribution >= 4 is 29.1 Å². The number of fused-ring (bicyclic) bond motifs is 1. The summed E-state index contributed by atoms with van der Waals surface area (Å²) in [4.78, 5) is 38.5. The molecule has 0 unspecified atom stereocenters. The molecular formula is C19H25N3O3. The Labute approximate surface area is 148 Å². The predicted molar refractivity (Wildman–Crippen MR) is 96.4 cm³/mol. The molecule has 3 rings (SSSR count). The van der Waals surface area contributed by atoms with Crippen LogP contribution >= 0.6 is 0 Å². The number of carbonyl (C=O) groups is 3. The van der Waals surface area contributed by atoms with Crippen LogP contribution in [0.4, 0.5) is 11.4 Å². The van der Waals surface area contributed by atoms with Crippen LogP contribution in [-0.4, -0.2) is 35.2 Å². The minimum Gasteiger partial charge on any atom is -0.331 e. The smallest absolute Gasteiger partial charge is 0.246 e. The van der Waals surface area contributed by atoms with Crippen LogP contribution in [0.5, 0.6) is 0 Å². The maximum Gasteiger partial charge on any atom is 0.246 e. The second-order valence-corrected chi connectivity index (χ2v) is 7.40. The lowest BCUT2D eigenvalue weighted by atomic mass is 9.86. The van der Waals surface area contributed by atoms with Crippen molar-refractivity contribution < 1.29 is 14.4 Å². The van der Waals surface area contributed by atoms with Gasteiger partial charge in [-0.05, 0) is 57.4 Å². The Balaban J connectivity index is 1.74. The van der Waals surface area contributed by atoms with Gasteiger partial charge < -0.3 is 15.5 Å². The topological polar surface area (TPSA) is 78.5 Å². The zero-order chi connectivity index (χ0) is 18.2. The van der Waals surface area contributed by atoms with Gasteiger partial charge in [-0.25, -0.2) is 0 Å². The average molecular weight is 343 g/mol. The number of amides is 3. The molecule has 6 nitrogen and oxygen atoms in total. The van der Waals surface area contributed by atoms with E-state index in [0.717, 1.165) is 30.5 Å². The van der Waals surface area contributed by atoms with Gasteiger partial charge in [0.05, 0.1) is 5.41 Å². The third-order valence-corrected chi connectivity index (χ3v) is 5.23. The first-order valence-electron chi connectivity index (χ1n) is 8.87. The number of benzene rings is 1. The molecule has 0 radical (unpaired) electrons. The molecule has 2 N–H and O–H groups in total. The van der Waals surface area contributed by atoms with E-state index in [2.05, 4.69) is 10.6 Å². The zero-order valence-corrected chi connectivity index (χ0v) is 15.0. The van der Waals surface area contributed by atoms with E-state index in [1.165, 1.54) is 0 Å². The van der Waals surface area contributed by atoms with Gasteiger partial charge in [-0.1, -0.05) is 6.42 Å². The Kier molecular flexibility index (Phi) is 4.54. The van der Waals surface area contributed by atoms with Crippen LogP contribution in [-0.2, 0) is 19.8 Å². The highest BCUT2D eigenvalue weighted by molar-refractivity contribution is 6.06. The first kappa shape index (κ1) is 17.5. The summed E-state index contributed by atoms with van der Waals surface area (Å²) in [5.41, 5.74) is 1.67. The quantitative estimate of drug-likeness (QED) is 0.885. The molecule has 0 spiro atoms. The minimum atomic E-state index is -0.623. The Morgan fingerprint density at radius 2 is 2.00 bits per heavy atom. The Morgan fingerprint density at radius 3 is 2.76 bits per heavy atom. The monoisotopic (exact) mass is 343 g/mol. The molecule has 0 saturated carbocycles. The van der Waals surface area contributed by atoms with E-state index in [1.807, 2.05) is 19.9 Å². The molecule has 0 bridgehead atoms. The lowest BCUT2D eigenvalue weighted by Crippen LogP contribution is -2.45. The second-order valence-electron chi connectivity index (χ2n) is 7.40. The maximum atomic E-state index is 12.6. The maximum absolute atomic E-state index is 12.6. The molecular weight excluding hydrogens is 318 g/mol. The van der Waals surface area contributed by atoms with Crippen molar-refractivity contribution in [3.63, 3.8) is 0 Å². The Bertz CT molecular complexity index is 727. The highest BCUT2D eigenvalue weighted by Crippen LogP contribution is 2.38. The van der Waals surface area contributed by atoms with Crippen molar-refractivity contribution in [1.82, 2.24) is 4.90 Å². The van der Waals surface area contributed by atoms with Crippen molar-refractivity contribution in [3.8, 4) is 0 Å². The summed E-state index contributed by atoms with van der Waals surface area (Å²) in [6.45, 7) is 6.11. The van der Waals surface area contributed by atoms with Crippen molar-refractivity contribution in [1.29, 1.82) is 0 Å². The molecule has 2 aliphatic rings. The van der Waals surface area contributed by atoms with Crippen molar-refractivity contribution in [2.45, 2.75) is 57.9 Å². The number of hydrogen-bond donors (Lipinski definition) is 2. The van der Waals surface area contributed by atoms with E-state index >= 15 is 0 Å². The largest absolute Gasteiger partial charge is 0.331 e. The highest BCUT2D eigenvalue weighted by Gasteiger charge is 2.38. The number of anilines is 2. The standard InChI is InChI=1S/C19H25N3O3/c1-12(22-10-6-4-5-7-16(22)23)17(24)20-13-8-9-15-14(11-13)19(2,3)18(25)21-15/h8-9,11-12H,4-7,10H2,1-3H3,(H,20,24)(H,21,25)/t12-/m0/s1. The number of nitrogens with one attached hydrogen (secondary N) is 2. The van der Waals surface area contributed by atoms with E-state index in [1.54, 1.807) is 24.0 Å².